The van der Waals surface area contributed by atoms with E-state index in [0.717, 1.165) is 28.9 Å². The number of hydrogen-bond acceptors (Lipinski definition) is 5. The van der Waals surface area contributed by atoms with E-state index in [4.69, 9.17) is 0 Å². The number of thiazole rings is 1. The zero-order valence-corrected chi connectivity index (χ0v) is 16.5. The number of halogens is 3. The zero-order valence-electron chi connectivity index (χ0n) is 14.9. The van der Waals surface area contributed by atoms with Gasteiger partial charge in [-0.05, 0) is 41.8 Å². The van der Waals surface area contributed by atoms with Gasteiger partial charge in [0.2, 0.25) is 0 Å². The molecule has 11 heteroatoms. The minimum Gasteiger partial charge on any atom is -0.406 e. The van der Waals surface area contributed by atoms with Gasteiger partial charge in [-0.2, -0.15) is 0 Å². The van der Waals surface area contributed by atoms with Crippen LogP contribution in [-0.4, -0.2) is 20.5 Å². The van der Waals surface area contributed by atoms with Crippen LogP contribution < -0.4 is 15.0 Å². The molecular weight excluding hydrogens is 439 g/mol. The summed E-state index contributed by atoms with van der Waals surface area (Å²) in [6.07, 6.45) is -4.79. The van der Waals surface area contributed by atoms with Crippen molar-refractivity contribution in [1.29, 1.82) is 0 Å². The molecule has 2 heterocycles. The maximum absolute atomic E-state index is 12.4. The third-order valence-corrected chi connectivity index (χ3v) is 5.95. The average molecular weight is 451 g/mol. The summed E-state index contributed by atoms with van der Waals surface area (Å²) in [5.41, 5.74) is 1.20. The van der Waals surface area contributed by atoms with Crippen molar-refractivity contribution in [3.8, 4) is 17.0 Å². The largest absolute Gasteiger partial charge is 0.573 e. The highest BCUT2D eigenvalue weighted by Gasteiger charge is 2.31. The van der Waals surface area contributed by atoms with Gasteiger partial charge in [0.1, 0.15) is 5.75 Å². The smallest absolute Gasteiger partial charge is 0.406 e. The maximum Gasteiger partial charge on any atom is 0.573 e. The summed E-state index contributed by atoms with van der Waals surface area (Å²) in [7, 11) is -1.76. The van der Waals surface area contributed by atoms with Crippen molar-refractivity contribution < 1.29 is 22.1 Å². The lowest BCUT2D eigenvalue weighted by atomic mass is 10.1. The molecule has 0 aliphatic heterocycles. The number of anilines is 1. The Morgan fingerprint density at radius 1 is 1.10 bits per heavy atom. The van der Waals surface area contributed by atoms with Crippen LogP contribution >= 0.6 is 11.3 Å². The lowest BCUT2D eigenvalue weighted by Crippen LogP contribution is -2.17. The molecule has 0 saturated heterocycles. The van der Waals surface area contributed by atoms with E-state index in [-0.39, 0.29) is 10.5 Å². The molecule has 0 amide bonds. The van der Waals surface area contributed by atoms with Gasteiger partial charge in [0.25, 0.3) is 5.56 Å². The highest BCUT2D eigenvalue weighted by Crippen LogP contribution is 2.27. The van der Waals surface area contributed by atoms with Crippen molar-refractivity contribution >= 4 is 38.4 Å². The van der Waals surface area contributed by atoms with Gasteiger partial charge in [0.15, 0.2) is 16.1 Å². The van der Waals surface area contributed by atoms with Gasteiger partial charge in [-0.15, -0.1) is 24.5 Å². The fraction of sp³-hybridized carbons (Fsp3) is 0.0526. The van der Waals surface area contributed by atoms with E-state index in [1.54, 1.807) is 17.5 Å². The van der Waals surface area contributed by atoms with Gasteiger partial charge in [-0.25, -0.2) is 9.19 Å². The third kappa shape index (κ3) is 4.52. The van der Waals surface area contributed by atoms with E-state index < -0.39 is 23.1 Å². The van der Waals surface area contributed by atoms with Crippen LogP contribution in [0.15, 0.2) is 69.7 Å². The van der Waals surface area contributed by atoms with E-state index in [1.165, 1.54) is 12.1 Å². The Hall–Kier alpha value is -3.18. The monoisotopic (exact) mass is 451 g/mol. The molecule has 30 heavy (non-hydrogen) atoms. The molecule has 0 aliphatic rings. The molecule has 2 aromatic carbocycles. The van der Waals surface area contributed by atoms with Crippen LogP contribution in [0.5, 0.6) is 5.75 Å². The fourth-order valence-corrected chi connectivity index (χ4v) is 4.36. The minimum atomic E-state index is -4.79. The van der Waals surface area contributed by atoms with Crippen molar-refractivity contribution in [3.05, 3.63) is 70.3 Å². The van der Waals surface area contributed by atoms with E-state index in [9.17, 15) is 22.2 Å². The molecule has 1 unspecified atom stereocenters. The molecule has 0 radical (unpaired) electrons. The quantitative estimate of drug-likeness (QED) is 0.461. The van der Waals surface area contributed by atoms with Crippen molar-refractivity contribution in [3.63, 3.8) is 0 Å². The number of aromatic nitrogens is 2. The predicted molar refractivity (Wildman–Crippen MR) is 109 cm³/mol. The van der Waals surface area contributed by atoms with Crippen molar-refractivity contribution in [2.75, 3.05) is 4.72 Å². The van der Waals surface area contributed by atoms with Gasteiger partial charge in [0, 0.05) is 10.9 Å². The Balaban J connectivity index is 1.51. The molecule has 154 valence electrons. The first-order valence-electron chi connectivity index (χ1n) is 8.41. The summed E-state index contributed by atoms with van der Waals surface area (Å²) in [6.45, 7) is 0. The lowest BCUT2D eigenvalue weighted by Gasteiger charge is -2.09. The summed E-state index contributed by atoms with van der Waals surface area (Å²) >= 11 is 1.15. The van der Waals surface area contributed by atoms with Crippen LogP contribution in [-0.2, 0) is 11.0 Å². The number of nitrogens with zero attached hydrogens (tertiary/aromatic N) is 1. The summed E-state index contributed by atoms with van der Waals surface area (Å²) in [4.78, 5) is 19.7. The van der Waals surface area contributed by atoms with Crippen LogP contribution in [0.3, 0.4) is 0 Å². The number of fused-ring (bicyclic) bond motifs is 1. The first-order valence-corrected chi connectivity index (χ1v) is 10.4. The summed E-state index contributed by atoms with van der Waals surface area (Å²) in [5, 5.41) is 2.80. The van der Waals surface area contributed by atoms with Crippen LogP contribution in [0.1, 0.15) is 0 Å². The van der Waals surface area contributed by atoms with E-state index >= 15 is 0 Å². The number of benzene rings is 2. The van der Waals surface area contributed by atoms with Gasteiger partial charge in [-0.3, -0.25) is 9.52 Å². The molecule has 0 bridgehead atoms. The number of H-pyrrole nitrogens is 1. The number of rotatable bonds is 5. The summed E-state index contributed by atoms with van der Waals surface area (Å²) < 4.78 is 55.6. The average Bonchev–Trinajstić information content (AvgIpc) is 3.15. The Morgan fingerprint density at radius 2 is 1.83 bits per heavy atom. The second-order valence-electron chi connectivity index (χ2n) is 6.03. The second kappa shape index (κ2) is 7.92. The number of hydrogen-bond donors (Lipinski definition) is 2. The van der Waals surface area contributed by atoms with Gasteiger partial charge in [-0.1, -0.05) is 18.2 Å². The molecule has 4 aromatic rings. The topological polar surface area (TPSA) is 84.1 Å². The van der Waals surface area contributed by atoms with Gasteiger partial charge in [0.05, 0.1) is 16.2 Å². The molecule has 2 aromatic heterocycles. The van der Waals surface area contributed by atoms with E-state index in [0.29, 0.717) is 21.9 Å². The standard InChI is InChI=1S/C19H12F3N3O3S2/c20-19(21,22)28-12-5-7-13(8-6-12)30(27)25-18-24-16(10-29-18)14-9-11-3-1-2-4-15(11)23-17(14)26/h1-10H,(H,23,26)(H,24,25). The Kier molecular flexibility index (Phi) is 5.31. The van der Waals surface area contributed by atoms with Crippen molar-refractivity contribution in [2.24, 2.45) is 0 Å². The Bertz CT molecular complexity index is 1280. The third-order valence-electron chi connectivity index (χ3n) is 3.98. The molecule has 0 spiro atoms. The fourth-order valence-electron chi connectivity index (χ4n) is 2.69. The SMILES string of the molecule is O=c1[nH]c2ccccc2cc1-c1csc(NS(=O)c2ccc(OC(F)(F)F)cc2)n1. The number of nitrogens with one attached hydrogen (secondary N) is 2. The Morgan fingerprint density at radius 3 is 2.57 bits per heavy atom. The second-order valence-corrected chi connectivity index (χ2v) is 8.10. The number of ether oxygens (including phenoxy) is 1. The molecule has 4 rings (SSSR count). The molecule has 0 fully saturated rings. The van der Waals surface area contributed by atoms with Crippen LogP contribution in [0, 0.1) is 0 Å². The molecule has 0 saturated carbocycles. The summed E-state index contributed by atoms with van der Waals surface area (Å²) in [6, 6.07) is 13.7. The first-order chi connectivity index (χ1) is 14.3. The van der Waals surface area contributed by atoms with E-state index in [2.05, 4.69) is 19.4 Å². The van der Waals surface area contributed by atoms with Gasteiger partial charge < -0.3 is 9.72 Å². The highest BCUT2D eigenvalue weighted by atomic mass is 32.2. The van der Waals surface area contributed by atoms with E-state index in [1.807, 2.05) is 18.2 Å². The van der Waals surface area contributed by atoms with Crippen LogP contribution in [0.4, 0.5) is 18.3 Å². The normalized spacial score (nSPS) is 12.6. The molecule has 1 atom stereocenters. The lowest BCUT2D eigenvalue weighted by molar-refractivity contribution is -0.274. The van der Waals surface area contributed by atoms with Crippen LogP contribution in [0.2, 0.25) is 0 Å². The van der Waals surface area contributed by atoms with Gasteiger partial charge >= 0.3 is 6.36 Å². The minimum absolute atomic E-state index is 0.241. The van der Waals surface area contributed by atoms with Crippen LogP contribution in [0.25, 0.3) is 22.2 Å². The summed E-state index contributed by atoms with van der Waals surface area (Å²) in [5.74, 6) is -0.407. The number of para-hydroxylation sites is 1. The molecular formula is C19H12F3N3O3S2. The Labute approximate surface area is 174 Å². The van der Waals surface area contributed by atoms with Crippen molar-refractivity contribution in [1.82, 2.24) is 9.97 Å². The molecule has 6 nitrogen and oxygen atoms in total. The number of aromatic amines is 1. The number of pyridine rings is 1. The molecule has 0 aliphatic carbocycles. The number of alkyl halides is 3. The highest BCUT2D eigenvalue weighted by molar-refractivity contribution is 7.86. The van der Waals surface area contributed by atoms with Crippen molar-refractivity contribution in [2.45, 2.75) is 11.3 Å². The first kappa shape index (κ1) is 20.1. The predicted octanol–water partition coefficient (Wildman–Crippen LogP) is 4.68. The molecule has 2 N–H and O–H groups in total. The zero-order chi connectivity index (χ0) is 21.3. The maximum atomic E-state index is 12.4.